The molecular formula is C17H23N3O2. The van der Waals surface area contributed by atoms with Crippen LogP contribution in [0.3, 0.4) is 0 Å². The van der Waals surface area contributed by atoms with E-state index in [1.54, 1.807) is 0 Å². The second kappa shape index (κ2) is 6.48. The summed E-state index contributed by atoms with van der Waals surface area (Å²) < 4.78 is 0. The van der Waals surface area contributed by atoms with Gasteiger partial charge in [-0.15, -0.1) is 0 Å². The van der Waals surface area contributed by atoms with Crippen molar-refractivity contribution >= 4 is 11.8 Å². The summed E-state index contributed by atoms with van der Waals surface area (Å²) in [6, 6.07) is 9.05. The zero-order chi connectivity index (χ0) is 15.5. The van der Waals surface area contributed by atoms with Gasteiger partial charge >= 0.3 is 0 Å². The van der Waals surface area contributed by atoms with Crippen LogP contribution in [0.5, 0.6) is 0 Å². The van der Waals surface area contributed by atoms with Gasteiger partial charge in [0, 0.05) is 25.0 Å². The zero-order valence-corrected chi connectivity index (χ0v) is 12.7. The average molecular weight is 301 g/mol. The van der Waals surface area contributed by atoms with Crippen molar-refractivity contribution in [3.8, 4) is 0 Å². The Labute approximate surface area is 130 Å². The zero-order valence-electron chi connectivity index (χ0n) is 12.7. The van der Waals surface area contributed by atoms with Gasteiger partial charge in [-0.3, -0.25) is 9.59 Å². The first-order chi connectivity index (χ1) is 10.6. The van der Waals surface area contributed by atoms with Crippen molar-refractivity contribution in [3.63, 3.8) is 0 Å². The Balaban J connectivity index is 1.50. The second-order valence-corrected chi connectivity index (χ2v) is 6.27. The monoisotopic (exact) mass is 301 g/mol. The third-order valence-electron chi connectivity index (χ3n) is 4.53. The lowest BCUT2D eigenvalue weighted by Crippen LogP contribution is -2.49. The van der Waals surface area contributed by atoms with Crippen LogP contribution in [0.15, 0.2) is 30.3 Å². The third-order valence-corrected chi connectivity index (χ3v) is 4.53. The predicted molar refractivity (Wildman–Crippen MR) is 83.8 cm³/mol. The van der Waals surface area contributed by atoms with Crippen LogP contribution in [-0.4, -0.2) is 35.8 Å². The number of nitrogens with two attached hydrogens (primary N) is 1. The maximum Gasteiger partial charge on any atom is 0.244 e. The van der Waals surface area contributed by atoms with E-state index in [0.717, 1.165) is 31.2 Å². The molecule has 1 atom stereocenters. The van der Waals surface area contributed by atoms with Crippen molar-refractivity contribution in [2.24, 2.45) is 11.7 Å². The van der Waals surface area contributed by atoms with E-state index >= 15 is 0 Å². The van der Waals surface area contributed by atoms with Gasteiger partial charge in [0.15, 0.2) is 0 Å². The number of piperidine rings is 1. The molecule has 2 amide bonds. The van der Waals surface area contributed by atoms with E-state index < -0.39 is 6.04 Å². The highest BCUT2D eigenvalue weighted by atomic mass is 16.2. The van der Waals surface area contributed by atoms with Gasteiger partial charge in [-0.05, 0) is 31.2 Å². The van der Waals surface area contributed by atoms with Crippen molar-refractivity contribution < 1.29 is 9.59 Å². The molecular weight excluding hydrogens is 278 g/mol. The molecule has 2 aliphatic rings. The molecule has 5 heteroatoms. The van der Waals surface area contributed by atoms with Gasteiger partial charge in [-0.1, -0.05) is 30.3 Å². The van der Waals surface area contributed by atoms with Crippen molar-refractivity contribution in [2.45, 2.75) is 37.8 Å². The molecule has 0 spiro atoms. The Kier molecular flexibility index (Phi) is 4.43. The molecule has 1 saturated heterocycles. The summed E-state index contributed by atoms with van der Waals surface area (Å²) in [4.78, 5) is 26.0. The summed E-state index contributed by atoms with van der Waals surface area (Å²) in [7, 11) is 0. The van der Waals surface area contributed by atoms with E-state index in [0.29, 0.717) is 13.1 Å². The van der Waals surface area contributed by atoms with Crippen LogP contribution in [-0.2, 0) is 9.59 Å². The van der Waals surface area contributed by atoms with E-state index in [-0.39, 0.29) is 23.8 Å². The number of carbonyl (C=O) groups excluding carboxylic acids is 2. The topological polar surface area (TPSA) is 75.4 Å². The summed E-state index contributed by atoms with van der Waals surface area (Å²) in [5.41, 5.74) is 6.92. The van der Waals surface area contributed by atoms with Gasteiger partial charge in [0.25, 0.3) is 0 Å². The molecule has 22 heavy (non-hydrogen) atoms. The maximum absolute atomic E-state index is 12.5. The molecule has 1 aromatic carbocycles. The number of benzene rings is 1. The van der Waals surface area contributed by atoms with Crippen molar-refractivity contribution in [1.29, 1.82) is 0 Å². The summed E-state index contributed by atoms with van der Waals surface area (Å²) >= 11 is 0. The summed E-state index contributed by atoms with van der Waals surface area (Å²) in [6.07, 6.45) is 3.67. The Hall–Kier alpha value is -1.88. The Morgan fingerprint density at radius 1 is 1.09 bits per heavy atom. The Bertz CT molecular complexity index is 534. The number of nitrogens with one attached hydrogen (secondary N) is 1. The molecule has 2 fully saturated rings. The first-order valence-electron chi connectivity index (χ1n) is 8.05. The van der Waals surface area contributed by atoms with Gasteiger partial charge < -0.3 is 16.0 Å². The molecule has 1 aliphatic heterocycles. The van der Waals surface area contributed by atoms with Crippen LogP contribution in [0.2, 0.25) is 0 Å². The van der Waals surface area contributed by atoms with E-state index in [2.05, 4.69) is 5.32 Å². The quantitative estimate of drug-likeness (QED) is 0.877. The van der Waals surface area contributed by atoms with Crippen LogP contribution in [0, 0.1) is 5.92 Å². The molecule has 1 heterocycles. The Morgan fingerprint density at radius 3 is 2.32 bits per heavy atom. The highest BCUT2D eigenvalue weighted by Gasteiger charge is 2.33. The second-order valence-electron chi connectivity index (χ2n) is 6.27. The minimum atomic E-state index is -0.598. The molecule has 0 radical (unpaired) electrons. The number of rotatable bonds is 4. The molecule has 3 rings (SSSR count). The molecule has 3 N–H and O–H groups in total. The van der Waals surface area contributed by atoms with Crippen molar-refractivity contribution in [3.05, 3.63) is 35.9 Å². The number of likely N-dealkylation sites (tertiary alicyclic amines) is 1. The van der Waals surface area contributed by atoms with E-state index in [4.69, 9.17) is 5.73 Å². The number of carbonyl (C=O) groups is 2. The molecule has 1 saturated carbocycles. The number of amides is 2. The largest absolute Gasteiger partial charge is 0.353 e. The normalized spacial score (nSPS) is 20.5. The van der Waals surface area contributed by atoms with E-state index in [9.17, 15) is 9.59 Å². The lowest BCUT2D eigenvalue weighted by Gasteiger charge is -2.34. The molecule has 1 unspecified atom stereocenters. The van der Waals surface area contributed by atoms with Crippen LogP contribution in [0.4, 0.5) is 0 Å². The molecule has 0 bridgehead atoms. The molecule has 118 valence electrons. The first-order valence-corrected chi connectivity index (χ1v) is 8.05. The minimum Gasteiger partial charge on any atom is -0.353 e. The summed E-state index contributed by atoms with van der Waals surface area (Å²) in [6.45, 7) is 1.32. The fourth-order valence-corrected chi connectivity index (χ4v) is 2.91. The number of hydrogen-bond donors (Lipinski definition) is 2. The van der Waals surface area contributed by atoms with Crippen LogP contribution < -0.4 is 11.1 Å². The van der Waals surface area contributed by atoms with Gasteiger partial charge in [0.2, 0.25) is 11.8 Å². The molecule has 5 nitrogen and oxygen atoms in total. The Morgan fingerprint density at radius 2 is 1.73 bits per heavy atom. The fraction of sp³-hybridized carbons (Fsp3) is 0.529. The first kappa shape index (κ1) is 15.0. The van der Waals surface area contributed by atoms with Crippen LogP contribution in [0.25, 0.3) is 0 Å². The SMILES string of the molecule is NC(C(=O)N1CCC(NC(=O)C2CC2)CC1)c1ccccc1. The van der Waals surface area contributed by atoms with Crippen LogP contribution in [0.1, 0.15) is 37.3 Å². The summed E-state index contributed by atoms with van der Waals surface area (Å²) in [5, 5.41) is 3.09. The van der Waals surface area contributed by atoms with Gasteiger partial charge in [0.05, 0.1) is 0 Å². The molecule has 1 aliphatic carbocycles. The third kappa shape index (κ3) is 3.47. The molecule has 0 aromatic heterocycles. The van der Waals surface area contributed by atoms with Crippen molar-refractivity contribution in [2.75, 3.05) is 13.1 Å². The molecule has 1 aromatic rings. The number of hydrogen-bond acceptors (Lipinski definition) is 3. The fourth-order valence-electron chi connectivity index (χ4n) is 2.91. The van der Waals surface area contributed by atoms with Gasteiger partial charge in [-0.2, -0.15) is 0 Å². The van der Waals surface area contributed by atoms with Gasteiger partial charge in [-0.25, -0.2) is 0 Å². The maximum atomic E-state index is 12.5. The standard InChI is InChI=1S/C17H23N3O2/c18-15(12-4-2-1-3-5-12)17(22)20-10-8-14(9-11-20)19-16(21)13-6-7-13/h1-5,13-15H,6-11,18H2,(H,19,21). The highest BCUT2D eigenvalue weighted by Crippen LogP contribution is 2.29. The van der Waals surface area contributed by atoms with Gasteiger partial charge in [0.1, 0.15) is 6.04 Å². The highest BCUT2D eigenvalue weighted by molar-refractivity contribution is 5.83. The van der Waals surface area contributed by atoms with E-state index in [1.165, 1.54) is 0 Å². The lowest BCUT2D eigenvalue weighted by atomic mass is 10.0. The van der Waals surface area contributed by atoms with Crippen LogP contribution >= 0.6 is 0 Å². The number of nitrogens with zero attached hydrogens (tertiary/aromatic N) is 1. The smallest absolute Gasteiger partial charge is 0.244 e. The minimum absolute atomic E-state index is 0.0295. The average Bonchev–Trinajstić information content (AvgIpc) is 3.40. The van der Waals surface area contributed by atoms with E-state index in [1.807, 2.05) is 35.2 Å². The predicted octanol–water partition coefficient (Wildman–Crippen LogP) is 1.20. The lowest BCUT2D eigenvalue weighted by molar-refractivity contribution is -0.134. The van der Waals surface area contributed by atoms with Crippen molar-refractivity contribution in [1.82, 2.24) is 10.2 Å². The summed E-state index contributed by atoms with van der Waals surface area (Å²) in [5.74, 6) is 0.398.